The fourth-order valence-corrected chi connectivity index (χ4v) is 4.12. The average molecular weight is 366 g/mol. The van der Waals surface area contributed by atoms with Gasteiger partial charge in [0.1, 0.15) is 17.7 Å². The molecule has 0 saturated carbocycles. The van der Waals surface area contributed by atoms with E-state index in [9.17, 15) is 29.2 Å². The van der Waals surface area contributed by atoms with E-state index in [-0.39, 0.29) is 23.5 Å². The molecule has 0 spiro atoms. The number of hydrogen-bond donors (Lipinski definition) is 6. The van der Waals surface area contributed by atoms with Crippen molar-refractivity contribution in [2.24, 2.45) is 0 Å². The van der Waals surface area contributed by atoms with Crippen LogP contribution in [0.4, 0.5) is 5.69 Å². The molecule has 0 bridgehead atoms. The Morgan fingerprint density at radius 1 is 1.24 bits per heavy atom. The molecule has 2 aromatic carbocycles. The fourth-order valence-electron chi connectivity index (χ4n) is 2.77. The van der Waals surface area contributed by atoms with Crippen molar-refractivity contribution in [3.8, 4) is 5.75 Å². The van der Waals surface area contributed by atoms with Gasteiger partial charge in [-0.25, -0.2) is 4.79 Å². The Labute approximate surface area is 145 Å². The summed E-state index contributed by atoms with van der Waals surface area (Å²) in [6.07, 6.45) is -0.820. The zero-order chi connectivity index (χ0) is 18.2. The SMILES string of the molecule is O=C(O)c1ccccc1Cc1ccc(N2CC(O)NS2(O)O)c(O)c1. The summed E-state index contributed by atoms with van der Waals surface area (Å²) in [5.41, 5.74) is 1.62. The molecular weight excluding hydrogens is 348 g/mol. The number of anilines is 1. The summed E-state index contributed by atoms with van der Waals surface area (Å²) in [6, 6.07) is 11.2. The predicted octanol–water partition coefficient (Wildman–Crippen LogP) is 1.99. The highest BCUT2D eigenvalue weighted by Gasteiger charge is 2.36. The third-order valence-electron chi connectivity index (χ3n) is 3.89. The molecule has 3 rings (SSSR count). The van der Waals surface area contributed by atoms with Crippen molar-refractivity contribution in [3.05, 3.63) is 59.2 Å². The van der Waals surface area contributed by atoms with Crippen LogP contribution in [0.2, 0.25) is 0 Å². The van der Waals surface area contributed by atoms with E-state index in [4.69, 9.17) is 0 Å². The second-order valence-electron chi connectivity index (χ2n) is 5.68. The molecule has 2 aromatic rings. The van der Waals surface area contributed by atoms with Crippen molar-refractivity contribution < 1.29 is 29.2 Å². The average Bonchev–Trinajstić information content (AvgIpc) is 2.80. The summed E-state index contributed by atoms with van der Waals surface area (Å²) in [7, 11) is -3.41. The summed E-state index contributed by atoms with van der Waals surface area (Å²) >= 11 is 0. The molecule has 1 fully saturated rings. The number of aromatic carboxylic acids is 1. The van der Waals surface area contributed by atoms with E-state index in [0.717, 1.165) is 4.31 Å². The van der Waals surface area contributed by atoms with Crippen LogP contribution in [-0.4, -0.2) is 43.2 Å². The number of β-amino-alcohol motifs (C(OH)–C–C–N with tert-alkyl or cyclic N) is 1. The third kappa shape index (κ3) is 3.55. The Balaban J connectivity index is 1.87. The van der Waals surface area contributed by atoms with Crippen LogP contribution in [0.1, 0.15) is 21.5 Å². The van der Waals surface area contributed by atoms with Crippen molar-refractivity contribution >= 4 is 22.6 Å². The van der Waals surface area contributed by atoms with E-state index in [1.54, 1.807) is 24.3 Å². The van der Waals surface area contributed by atoms with Gasteiger partial charge in [0.25, 0.3) is 0 Å². The minimum Gasteiger partial charge on any atom is -0.506 e. The van der Waals surface area contributed by atoms with Crippen LogP contribution in [0.3, 0.4) is 0 Å². The van der Waals surface area contributed by atoms with E-state index in [2.05, 4.69) is 4.72 Å². The molecule has 0 radical (unpaired) electrons. The van der Waals surface area contributed by atoms with Crippen molar-refractivity contribution in [1.29, 1.82) is 0 Å². The molecule has 0 aliphatic carbocycles. The van der Waals surface area contributed by atoms with Crippen molar-refractivity contribution in [3.63, 3.8) is 0 Å². The maximum absolute atomic E-state index is 11.3. The molecule has 1 saturated heterocycles. The first-order valence-corrected chi connectivity index (χ1v) is 8.92. The number of phenols is 1. The normalized spacial score (nSPS) is 20.4. The predicted molar refractivity (Wildman–Crippen MR) is 93.7 cm³/mol. The second-order valence-corrected chi connectivity index (χ2v) is 7.39. The molecule has 0 amide bonds. The molecule has 0 aromatic heterocycles. The van der Waals surface area contributed by atoms with Gasteiger partial charge in [-0.2, -0.15) is 4.72 Å². The third-order valence-corrected chi connectivity index (χ3v) is 5.44. The highest BCUT2D eigenvalue weighted by molar-refractivity contribution is 8.24. The van der Waals surface area contributed by atoms with Gasteiger partial charge in [0.05, 0.1) is 12.1 Å². The van der Waals surface area contributed by atoms with Crippen LogP contribution in [0.25, 0.3) is 0 Å². The molecule has 1 atom stereocenters. The first-order chi connectivity index (χ1) is 11.8. The monoisotopic (exact) mass is 366 g/mol. The Morgan fingerprint density at radius 2 is 1.96 bits per heavy atom. The van der Waals surface area contributed by atoms with Gasteiger partial charge in [-0.15, -0.1) is 0 Å². The smallest absolute Gasteiger partial charge is 0.335 e. The largest absolute Gasteiger partial charge is 0.506 e. The standard InChI is InChI=1S/C16H18N2O6S/c19-14-8-10(7-11-3-1-2-4-12(11)16(21)22)5-6-13(14)18-9-15(20)17-25(18,23)24/h1-6,8,15,17,19-20,23-24H,7,9H2,(H,21,22). The second kappa shape index (κ2) is 6.54. The highest BCUT2D eigenvalue weighted by Crippen LogP contribution is 2.49. The zero-order valence-electron chi connectivity index (χ0n) is 13.0. The van der Waals surface area contributed by atoms with Crippen LogP contribution in [0, 0.1) is 0 Å². The number of nitrogens with zero attached hydrogens (tertiary/aromatic N) is 1. The first kappa shape index (κ1) is 17.5. The lowest BCUT2D eigenvalue weighted by Crippen LogP contribution is -2.25. The van der Waals surface area contributed by atoms with Crippen molar-refractivity contribution in [2.75, 3.05) is 10.8 Å². The molecule has 8 nitrogen and oxygen atoms in total. The maximum atomic E-state index is 11.3. The van der Waals surface area contributed by atoms with E-state index < -0.39 is 23.2 Å². The highest BCUT2D eigenvalue weighted by atomic mass is 32.3. The Morgan fingerprint density at radius 3 is 2.56 bits per heavy atom. The number of nitrogens with one attached hydrogen (secondary N) is 1. The Bertz CT molecular complexity index is 813. The molecule has 9 heteroatoms. The molecule has 1 unspecified atom stereocenters. The number of aromatic hydroxyl groups is 1. The van der Waals surface area contributed by atoms with E-state index in [1.807, 2.05) is 0 Å². The summed E-state index contributed by atoms with van der Waals surface area (Å²) in [6.45, 7) is -0.0862. The fraction of sp³-hybridized carbons (Fsp3) is 0.188. The summed E-state index contributed by atoms with van der Waals surface area (Å²) < 4.78 is 23.2. The van der Waals surface area contributed by atoms with Gasteiger partial charge in [0.15, 0.2) is 0 Å². The number of carbonyl (C=O) groups is 1. The summed E-state index contributed by atoms with van der Waals surface area (Å²) in [4.78, 5) is 11.3. The van der Waals surface area contributed by atoms with Gasteiger partial charge in [0.2, 0.25) is 0 Å². The number of benzene rings is 2. The Kier molecular flexibility index (Phi) is 4.58. The van der Waals surface area contributed by atoms with Crippen LogP contribution < -0.4 is 9.03 Å². The van der Waals surface area contributed by atoms with Crippen molar-refractivity contribution in [2.45, 2.75) is 12.6 Å². The number of carboxylic acid groups (broad SMARTS) is 1. The number of carboxylic acids is 1. The number of hydrogen-bond acceptors (Lipinski definition) is 7. The summed E-state index contributed by atoms with van der Waals surface area (Å²) in [5.74, 6) is -1.22. The minimum atomic E-state index is -3.41. The first-order valence-electron chi connectivity index (χ1n) is 7.42. The molecule has 1 heterocycles. The number of aliphatic hydroxyl groups excluding tert-OH is 1. The van der Waals surface area contributed by atoms with E-state index in [1.165, 1.54) is 18.2 Å². The van der Waals surface area contributed by atoms with Gasteiger partial charge >= 0.3 is 5.97 Å². The van der Waals surface area contributed by atoms with Gasteiger partial charge < -0.3 is 15.3 Å². The molecule has 134 valence electrons. The summed E-state index contributed by atoms with van der Waals surface area (Å²) in [5, 5.41) is 29.0. The molecule has 1 aliphatic heterocycles. The lowest BCUT2D eigenvalue weighted by atomic mass is 9.99. The molecular formula is C16H18N2O6S. The minimum absolute atomic E-state index is 0.0862. The van der Waals surface area contributed by atoms with Gasteiger partial charge in [0, 0.05) is 0 Å². The number of aliphatic hydroxyl groups is 1. The van der Waals surface area contributed by atoms with Gasteiger partial charge in [-0.1, -0.05) is 35.2 Å². The van der Waals surface area contributed by atoms with E-state index >= 15 is 0 Å². The molecule has 25 heavy (non-hydrogen) atoms. The Hall–Kier alpha value is -2.30. The zero-order valence-corrected chi connectivity index (χ0v) is 13.8. The quantitative estimate of drug-likeness (QED) is 0.484. The van der Waals surface area contributed by atoms with Crippen molar-refractivity contribution in [1.82, 2.24) is 4.72 Å². The van der Waals surface area contributed by atoms with Crippen LogP contribution in [-0.2, 0) is 6.42 Å². The molecule has 6 N–H and O–H groups in total. The van der Waals surface area contributed by atoms with Crippen LogP contribution in [0.15, 0.2) is 42.5 Å². The van der Waals surface area contributed by atoms with Crippen LogP contribution in [0.5, 0.6) is 5.75 Å². The lowest BCUT2D eigenvalue weighted by Gasteiger charge is -2.36. The lowest BCUT2D eigenvalue weighted by molar-refractivity contribution is 0.0695. The van der Waals surface area contributed by atoms with Gasteiger partial charge in [-0.3, -0.25) is 13.4 Å². The number of rotatable bonds is 4. The van der Waals surface area contributed by atoms with E-state index in [0.29, 0.717) is 17.5 Å². The van der Waals surface area contributed by atoms with Gasteiger partial charge in [-0.05, 0) is 35.7 Å². The molecule has 1 aliphatic rings. The van der Waals surface area contributed by atoms with Crippen LogP contribution >= 0.6 is 11.0 Å². The maximum Gasteiger partial charge on any atom is 0.335 e. The number of phenolic OH excluding ortho intramolecular Hbond substituents is 1. The topological polar surface area (TPSA) is 133 Å².